The van der Waals surface area contributed by atoms with E-state index in [4.69, 9.17) is 5.10 Å². The Kier molecular flexibility index (Phi) is 4.93. The molecule has 0 atom stereocenters. The zero-order valence-electron chi connectivity index (χ0n) is 17.8. The highest BCUT2D eigenvalue weighted by molar-refractivity contribution is 6.08. The van der Waals surface area contributed by atoms with E-state index in [-0.39, 0.29) is 5.91 Å². The minimum atomic E-state index is -0.399. The predicted molar refractivity (Wildman–Crippen MR) is 119 cm³/mol. The third kappa shape index (κ3) is 3.41. The summed E-state index contributed by atoms with van der Waals surface area (Å²) in [6.07, 6.45) is 5.61. The van der Waals surface area contributed by atoms with Gasteiger partial charge in [-0.15, -0.1) is 0 Å². The summed E-state index contributed by atoms with van der Waals surface area (Å²) in [5.74, 6) is -0.725. The number of rotatable bonds is 6. The Bertz CT molecular complexity index is 1450. The third-order valence-corrected chi connectivity index (χ3v) is 5.47. The van der Waals surface area contributed by atoms with Gasteiger partial charge in [0.1, 0.15) is 17.2 Å². The number of pyridine rings is 1. The Labute approximate surface area is 183 Å². The topological polar surface area (TPSA) is 82.0 Å². The maximum atomic E-state index is 13.5. The molecule has 0 aliphatic rings. The van der Waals surface area contributed by atoms with E-state index in [0.29, 0.717) is 30.0 Å². The summed E-state index contributed by atoms with van der Waals surface area (Å²) in [5.41, 5.74) is 4.12. The molecule has 0 bridgehead atoms. The van der Waals surface area contributed by atoms with Gasteiger partial charge >= 0.3 is 0 Å². The number of hydrogen-bond donors (Lipinski definition) is 1. The van der Waals surface area contributed by atoms with Crippen LogP contribution >= 0.6 is 0 Å². The van der Waals surface area contributed by atoms with E-state index >= 15 is 0 Å². The number of nitrogens with zero attached hydrogens (tertiary/aromatic N) is 6. The quantitative estimate of drug-likeness (QED) is 0.442. The van der Waals surface area contributed by atoms with Crippen LogP contribution in [0.4, 0.5) is 10.1 Å². The van der Waals surface area contributed by atoms with Crippen molar-refractivity contribution in [1.29, 1.82) is 0 Å². The van der Waals surface area contributed by atoms with Gasteiger partial charge in [-0.25, -0.2) is 9.37 Å². The SMILES string of the molecule is CCc1nn(Cc2ccn(CC)n2)c2cccc(NC(=O)c3cnc4cc(F)ccn34)c12. The fraction of sp³-hybridized carbons (Fsp3) is 0.217. The lowest BCUT2D eigenvalue weighted by molar-refractivity contribution is 0.102. The molecule has 0 unspecified atom stereocenters. The number of carbonyl (C=O) groups is 1. The molecule has 4 heterocycles. The van der Waals surface area contributed by atoms with Crippen molar-refractivity contribution in [3.05, 3.63) is 77.9 Å². The predicted octanol–water partition coefficient (Wildman–Crippen LogP) is 3.90. The molecule has 0 aliphatic carbocycles. The fourth-order valence-corrected chi connectivity index (χ4v) is 3.91. The molecule has 4 aromatic heterocycles. The zero-order chi connectivity index (χ0) is 22.2. The Morgan fingerprint density at radius 2 is 2.00 bits per heavy atom. The highest BCUT2D eigenvalue weighted by Gasteiger charge is 2.18. The number of aryl methyl sites for hydroxylation is 2. The molecule has 5 aromatic rings. The lowest BCUT2D eigenvalue weighted by atomic mass is 10.1. The van der Waals surface area contributed by atoms with Gasteiger partial charge in [0.05, 0.1) is 35.3 Å². The molecule has 5 rings (SSSR count). The molecule has 0 fully saturated rings. The lowest BCUT2D eigenvalue weighted by Gasteiger charge is -2.08. The normalized spacial score (nSPS) is 11.5. The minimum Gasteiger partial charge on any atom is -0.320 e. The zero-order valence-corrected chi connectivity index (χ0v) is 17.8. The van der Waals surface area contributed by atoms with Crippen molar-refractivity contribution in [3.8, 4) is 0 Å². The van der Waals surface area contributed by atoms with Gasteiger partial charge < -0.3 is 5.32 Å². The lowest BCUT2D eigenvalue weighted by Crippen LogP contribution is -2.14. The molecule has 32 heavy (non-hydrogen) atoms. The van der Waals surface area contributed by atoms with E-state index in [9.17, 15) is 9.18 Å². The second-order valence-electron chi connectivity index (χ2n) is 7.49. The smallest absolute Gasteiger partial charge is 0.274 e. The summed E-state index contributed by atoms with van der Waals surface area (Å²) < 4.78 is 18.8. The molecular weight excluding hydrogens is 409 g/mol. The van der Waals surface area contributed by atoms with Crippen LogP contribution in [0.3, 0.4) is 0 Å². The Hall–Kier alpha value is -4.01. The van der Waals surface area contributed by atoms with Crippen LogP contribution in [0.15, 0.2) is 55.0 Å². The first-order valence-electron chi connectivity index (χ1n) is 10.5. The van der Waals surface area contributed by atoms with Crippen molar-refractivity contribution in [2.24, 2.45) is 0 Å². The van der Waals surface area contributed by atoms with E-state index in [1.54, 1.807) is 4.40 Å². The van der Waals surface area contributed by atoms with E-state index in [0.717, 1.165) is 28.8 Å². The number of benzene rings is 1. The van der Waals surface area contributed by atoms with Crippen molar-refractivity contribution in [2.45, 2.75) is 33.4 Å². The van der Waals surface area contributed by atoms with Gasteiger partial charge in [0.25, 0.3) is 5.91 Å². The third-order valence-electron chi connectivity index (χ3n) is 5.47. The molecule has 9 heteroatoms. The molecule has 1 aromatic carbocycles. The molecule has 1 N–H and O–H groups in total. The highest BCUT2D eigenvalue weighted by Crippen LogP contribution is 2.28. The highest BCUT2D eigenvalue weighted by atomic mass is 19.1. The summed E-state index contributed by atoms with van der Waals surface area (Å²) in [5, 5.41) is 13.2. The van der Waals surface area contributed by atoms with Crippen LogP contribution in [0.25, 0.3) is 16.6 Å². The second-order valence-corrected chi connectivity index (χ2v) is 7.49. The Morgan fingerprint density at radius 3 is 2.78 bits per heavy atom. The number of aromatic nitrogens is 6. The van der Waals surface area contributed by atoms with Crippen LogP contribution in [0.2, 0.25) is 0 Å². The van der Waals surface area contributed by atoms with Crippen molar-refractivity contribution in [3.63, 3.8) is 0 Å². The summed E-state index contributed by atoms with van der Waals surface area (Å²) in [7, 11) is 0. The number of hydrogen-bond acceptors (Lipinski definition) is 4. The van der Waals surface area contributed by atoms with E-state index in [1.807, 2.05) is 53.7 Å². The molecule has 0 spiro atoms. The number of fused-ring (bicyclic) bond motifs is 2. The first-order valence-corrected chi connectivity index (χ1v) is 10.5. The van der Waals surface area contributed by atoms with Crippen molar-refractivity contribution in [1.82, 2.24) is 28.9 Å². The monoisotopic (exact) mass is 431 g/mol. The number of amides is 1. The Morgan fingerprint density at radius 1 is 1.12 bits per heavy atom. The summed E-state index contributed by atoms with van der Waals surface area (Å²) in [6.45, 7) is 5.44. The summed E-state index contributed by atoms with van der Waals surface area (Å²) in [4.78, 5) is 17.2. The average Bonchev–Trinajstić information content (AvgIpc) is 3.51. The number of nitrogens with one attached hydrogen (secondary N) is 1. The molecule has 0 saturated carbocycles. The minimum absolute atomic E-state index is 0.326. The summed E-state index contributed by atoms with van der Waals surface area (Å²) >= 11 is 0. The molecule has 8 nitrogen and oxygen atoms in total. The summed E-state index contributed by atoms with van der Waals surface area (Å²) in [6, 6.07) is 10.3. The van der Waals surface area contributed by atoms with Crippen LogP contribution in [-0.4, -0.2) is 34.9 Å². The van der Waals surface area contributed by atoms with Gasteiger partial charge in [-0.1, -0.05) is 13.0 Å². The van der Waals surface area contributed by atoms with Crippen LogP contribution in [0.5, 0.6) is 0 Å². The molecular formula is C23H22FN7O. The number of halogens is 1. The maximum absolute atomic E-state index is 13.5. The van der Waals surface area contributed by atoms with E-state index < -0.39 is 5.82 Å². The van der Waals surface area contributed by atoms with E-state index in [2.05, 4.69) is 15.4 Å². The van der Waals surface area contributed by atoms with Crippen LogP contribution in [-0.2, 0) is 19.5 Å². The van der Waals surface area contributed by atoms with Gasteiger partial charge in [0, 0.05) is 30.4 Å². The van der Waals surface area contributed by atoms with Crippen LogP contribution < -0.4 is 5.32 Å². The van der Waals surface area contributed by atoms with Crippen LogP contribution in [0, 0.1) is 5.82 Å². The molecule has 0 radical (unpaired) electrons. The number of imidazole rings is 1. The molecule has 0 aliphatic heterocycles. The van der Waals surface area contributed by atoms with Crippen molar-refractivity contribution in [2.75, 3.05) is 5.32 Å². The average molecular weight is 431 g/mol. The fourth-order valence-electron chi connectivity index (χ4n) is 3.91. The number of carbonyl (C=O) groups excluding carboxylic acids is 1. The van der Waals surface area contributed by atoms with Gasteiger partial charge in [-0.2, -0.15) is 10.2 Å². The molecule has 0 saturated heterocycles. The Balaban J connectivity index is 1.51. The van der Waals surface area contributed by atoms with Gasteiger partial charge in [-0.3, -0.25) is 18.6 Å². The first kappa shape index (κ1) is 19.9. The van der Waals surface area contributed by atoms with Crippen LogP contribution in [0.1, 0.15) is 35.7 Å². The van der Waals surface area contributed by atoms with Crippen molar-refractivity contribution >= 4 is 28.1 Å². The standard InChI is InChI=1S/C23H22FN7O/c1-3-17-22-18(26-23(32)20-13-25-21-12-15(24)8-11-30(20)21)6-5-7-19(22)31(28-17)14-16-9-10-29(4-2)27-16/h5-13H,3-4,14H2,1-2H3,(H,26,32). The van der Waals surface area contributed by atoms with Gasteiger partial charge in [0.2, 0.25) is 0 Å². The molecule has 162 valence electrons. The second kappa shape index (κ2) is 7.92. The molecule has 1 amide bonds. The van der Waals surface area contributed by atoms with E-state index in [1.165, 1.54) is 24.5 Å². The van der Waals surface area contributed by atoms with Gasteiger partial charge in [0.15, 0.2) is 0 Å². The van der Waals surface area contributed by atoms with Crippen molar-refractivity contribution < 1.29 is 9.18 Å². The van der Waals surface area contributed by atoms with Gasteiger partial charge in [-0.05, 0) is 37.6 Å². The number of anilines is 1. The first-order chi connectivity index (χ1) is 15.6. The maximum Gasteiger partial charge on any atom is 0.274 e. The largest absolute Gasteiger partial charge is 0.320 e.